The molecule has 3 aromatic heterocycles. The maximum Gasteiger partial charge on any atom is 0.270 e. The highest BCUT2D eigenvalue weighted by molar-refractivity contribution is 5.97. The Bertz CT molecular complexity index is 972. The Morgan fingerprint density at radius 2 is 2.12 bits per heavy atom. The third-order valence-corrected chi connectivity index (χ3v) is 3.97. The molecule has 1 aliphatic heterocycles. The van der Waals surface area contributed by atoms with E-state index in [-0.39, 0.29) is 5.91 Å². The zero-order chi connectivity index (χ0) is 17.8. The summed E-state index contributed by atoms with van der Waals surface area (Å²) < 4.78 is 5.40. The fourth-order valence-corrected chi connectivity index (χ4v) is 2.70. The highest BCUT2D eigenvalue weighted by Gasteiger charge is 2.12. The summed E-state index contributed by atoms with van der Waals surface area (Å²) >= 11 is 0. The number of hydrogen-bond acceptors (Lipinski definition) is 6. The summed E-state index contributed by atoms with van der Waals surface area (Å²) in [4.78, 5) is 25.2. The lowest BCUT2D eigenvalue weighted by Gasteiger charge is -2.10. The van der Waals surface area contributed by atoms with E-state index >= 15 is 0 Å². The lowest BCUT2D eigenvalue weighted by Crippen LogP contribution is -2.26. The van der Waals surface area contributed by atoms with E-state index in [2.05, 4.69) is 25.6 Å². The molecule has 0 bridgehead atoms. The van der Waals surface area contributed by atoms with Crippen LogP contribution in [0.1, 0.15) is 16.9 Å². The first-order valence-corrected chi connectivity index (χ1v) is 8.31. The second kappa shape index (κ2) is 7.18. The van der Waals surface area contributed by atoms with Crippen LogP contribution in [0, 0.1) is 0 Å². The molecular weight excluding hydrogens is 330 g/mol. The molecular formula is C19H17N5O2. The monoisotopic (exact) mass is 347 g/mol. The second-order valence-electron chi connectivity index (χ2n) is 5.81. The van der Waals surface area contributed by atoms with E-state index in [9.17, 15) is 4.79 Å². The Hall–Kier alpha value is -3.48. The van der Waals surface area contributed by atoms with Crippen LogP contribution in [0.15, 0.2) is 60.9 Å². The number of carbonyl (C=O) groups excluding carboxylic acids is 1. The van der Waals surface area contributed by atoms with Gasteiger partial charge in [0.2, 0.25) is 0 Å². The molecule has 3 aromatic rings. The number of nitrogens with one attached hydrogen (secondary N) is 2. The van der Waals surface area contributed by atoms with Gasteiger partial charge in [0.05, 0.1) is 42.4 Å². The van der Waals surface area contributed by atoms with Gasteiger partial charge < -0.3 is 15.4 Å². The number of carbonyl (C=O) groups is 1. The molecule has 0 radical (unpaired) electrons. The van der Waals surface area contributed by atoms with E-state index < -0.39 is 0 Å². The summed E-state index contributed by atoms with van der Waals surface area (Å²) in [5, 5.41) is 6.92. The van der Waals surface area contributed by atoms with Gasteiger partial charge in [0.1, 0.15) is 11.5 Å². The zero-order valence-electron chi connectivity index (χ0n) is 14.0. The fraction of sp³-hybridized carbons (Fsp3) is 0.158. The van der Waals surface area contributed by atoms with Crippen LogP contribution in [0.5, 0.6) is 0 Å². The predicted molar refractivity (Wildman–Crippen MR) is 98.0 cm³/mol. The van der Waals surface area contributed by atoms with Crippen molar-refractivity contribution >= 4 is 28.2 Å². The SMILES string of the molecule is O=C(NCC1=CCCO1)c1ccc2cncc(Nc3cccnc3)c2n1. The van der Waals surface area contributed by atoms with Gasteiger partial charge in [-0.15, -0.1) is 0 Å². The number of fused-ring (bicyclic) bond motifs is 1. The summed E-state index contributed by atoms with van der Waals surface area (Å²) in [6.45, 7) is 1.05. The normalized spacial score (nSPS) is 13.2. The molecule has 4 rings (SSSR count). The Balaban J connectivity index is 1.58. The van der Waals surface area contributed by atoms with Gasteiger partial charge in [0.25, 0.3) is 5.91 Å². The van der Waals surface area contributed by atoms with Gasteiger partial charge >= 0.3 is 0 Å². The molecule has 0 saturated carbocycles. The number of rotatable bonds is 5. The van der Waals surface area contributed by atoms with Crippen molar-refractivity contribution in [3.63, 3.8) is 0 Å². The van der Waals surface area contributed by atoms with Crippen molar-refractivity contribution in [2.24, 2.45) is 0 Å². The van der Waals surface area contributed by atoms with Gasteiger partial charge in [-0.1, -0.05) is 0 Å². The van der Waals surface area contributed by atoms with E-state index in [1.165, 1.54) is 0 Å². The maximum atomic E-state index is 12.4. The van der Waals surface area contributed by atoms with E-state index in [4.69, 9.17) is 4.74 Å². The molecule has 0 spiro atoms. The molecule has 4 heterocycles. The van der Waals surface area contributed by atoms with Crippen LogP contribution < -0.4 is 10.6 Å². The summed E-state index contributed by atoms with van der Waals surface area (Å²) in [5.74, 6) is 0.551. The summed E-state index contributed by atoms with van der Waals surface area (Å²) in [6, 6.07) is 7.27. The van der Waals surface area contributed by atoms with E-state index in [0.717, 1.165) is 23.3 Å². The van der Waals surface area contributed by atoms with Crippen LogP contribution in [0.25, 0.3) is 10.9 Å². The highest BCUT2D eigenvalue weighted by Crippen LogP contribution is 2.23. The van der Waals surface area contributed by atoms with Crippen molar-refractivity contribution in [2.75, 3.05) is 18.5 Å². The van der Waals surface area contributed by atoms with Gasteiger partial charge in [0.15, 0.2) is 0 Å². The highest BCUT2D eigenvalue weighted by atomic mass is 16.5. The molecule has 0 saturated heterocycles. The number of amides is 1. The molecule has 7 heteroatoms. The number of hydrogen-bond donors (Lipinski definition) is 2. The fourth-order valence-electron chi connectivity index (χ4n) is 2.70. The summed E-state index contributed by atoms with van der Waals surface area (Å²) in [5.41, 5.74) is 2.56. The lowest BCUT2D eigenvalue weighted by molar-refractivity contribution is 0.0944. The van der Waals surface area contributed by atoms with Gasteiger partial charge in [0, 0.05) is 24.2 Å². The number of ether oxygens (including phenoxy) is 1. The van der Waals surface area contributed by atoms with Crippen molar-refractivity contribution in [2.45, 2.75) is 6.42 Å². The maximum absolute atomic E-state index is 12.4. The van der Waals surface area contributed by atoms with Crippen LogP contribution in [0.3, 0.4) is 0 Å². The van der Waals surface area contributed by atoms with Crippen molar-refractivity contribution in [3.05, 3.63) is 66.6 Å². The van der Waals surface area contributed by atoms with Gasteiger partial charge in [-0.3, -0.25) is 14.8 Å². The van der Waals surface area contributed by atoms with Crippen molar-refractivity contribution in [3.8, 4) is 0 Å². The third kappa shape index (κ3) is 3.46. The Kier molecular flexibility index (Phi) is 4.42. The Labute approximate surface area is 150 Å². The first kappa shape index (κ1) is 16.0. The average molecular weight is 347 g/mol. The largest absolute Gasteiger partial charge is 0.496 e. The number of anilines is 2. The van der Waals surface area contributed by atoms with Crippen LogP contribution in [-0.4, -0.2) is 34.0 Å². The van der Waals surface area contributed by atoms with Crippen LogP contribution in [-0.2, 0) is 4.74 Å². The summed E-state index contributed by atoms with van der Waals surface area (Å²) in [7, 11) is 0. The molecule has 26 heavy (non-hydrogen) atoms. The molecule has 0 aromatic carbocycles. The molecule has 7 nitrogen and oxygen atoms in total. The first-order valence-electron chi connectivity index (χ1n) is 8.31. The second-order valence-corrected chi connectivity index (χ2v) is 5.81. The van der Waals surface area contributed by atoms with Gasteiger partial charge in [-0.25, -0.2) is 4.98 Å². The molecule has 0 unspecified atom stereocenters. The van der Waals surface area contributed by atoms with E-state index in [1.54, 1.807) is 30.9 Å². The van der Waals surface area contributed by atoms with E-state index in [0.29, 0.717) is 30.0 Å². The van der Waals surface area contributed by atoms with Gasteiger partial charge in [-0.05, 0) is 30.3 Å². The van der Waals surface area contributed by atoms with Gasteiger partial charge in [-0.2, -0.15) is 0 Å². The Morgan fingerprint density at radius 3 is 2.92 bits per heavy atom. The predicted octanol–water partition coefficient (Wildman–Crippen LogP) is 2.80. The van der Waals surface area contributed by atoms with E-state index in [1.807, 2.05) is 24.3 Å². The minimum atomic E-state index is -0.243. The standard InChI is InChI=1S/C19H17N5O2/c25-19(22-11-15-4-2-8-26-15)16-6-5-13-9-21-12-17(18(13)24-16)23-14-3-1-7-20-10-14/h1,3-7,9-10,12,23H,2,8,11H2,(H,22,25). The molecule has 0 atom stereocenters. The molecule has 130 valence electrons. The van der Waals surface area contributed by atoms with Crippen LogP contribution >= 0.6 is 0 Å². The smallest absolute Gasteiger partial charge is 0.270 e. The minimum Gasteiger partial charge on any atom is -0.496 e. The summed E-state index contributed by atoms with van der Waals surface area (Å²) in [6.07, 6.45) is 9.68. The molecule has 1 amide bonds. The zero-order valence-corrected chi connectivity index (χ0v) is 14.0. The molecule has 0 aliphatic carbocycles. The van der Waals surface area contributed by atoms with Crippen molar-refractivity contribution in [1.29, 1.82) is 0 Å². The molecule has 0 fully saturated rings. The van der Waals surface area contributed by atoms with Crippen molar-refractivity contribution < 1.29 is 9.53 Å². The third-order valence-electron chi connectivity index (χ3n) is 3.97. The quantitative estimate of drug-likeness (QED) is 0.738. The van der Waals surface area contributed by atoms with Crippen LogP contribution in [0.4, 0.5) is 11.4 Å². The topological polar surface area (TPSA) is 89.0 Å². The Morgan fingerprint density at radius 1 is 1.15 bits per heavy atom. The number of nitrogens with zero attached hydrogens (tertiary/aromatic N) is 3. The lowest BCUT2D eigenvalue weighted by atomic mass is 10.2. The molecule has 1 aliphatic rings. The van der Waals surface area contributed by atoms with Crippen LogP contribution in [0.2, 0.25) is 0 Å². The minimum absolute atomic E-state index is 0.243. The number of pyridine rings is 3. The first-order chi connectivity index (χ1) is 12.8. The van der Waals surface area contributed by atoms with Crippen molar-refractivity contribution in [1.82, 2.24) is 20.3 Å². The molecule has 2 N–H and O–H groups in total. The number of aromatic nitrogens is 3. The average Bonchev–Trinajstić information content (AvgIpc) is 3.20.